The first-order valence-electron chi connectivity index (χ1n) is 7.68. The average molecular weight is 329 g/mol. The van der Waals surface area contributed by atoms with Gasteiger partial charge in [0.05, 0.1) is 17.6 Å². The Morgan fingerprint density at radius 1 is 1.30 bits per heavy atom. The molecule has 0 bridgehead atoms. The minimum atomic E-state index is -0.415. The lowest BCUT2D eigenvalue weighted by Crippen LogP contribution is -2.11. The summed E-state index contributed by atoms with van der Waals surface area (Å²) >= 11 is 1.58. The van der Waals surface area contributed by atoms with Crippen molar-refractivity contribution in [3.05, 3.63) is 51.2 Å². The van der Waals surface area contributed by atoms with E-state index in [9.17, 15) is 9.59 Å². The molecule has 1 aliphatic carbocycles. The average Bonchev–Trinajstić information content (AvgIpc) is 2.97. The van der Waals surface area contributed by atoms with E-state index in [0.717, 1.165) is 17.7 Å². The molecule has 1 aromatic carbocycles. The molecule has 1 heterocycles. The molecule has 0 saturated carbocycles. The van der Waals surface area contributed by atoms with Crippen molar-refractivity contribution in [2.45, 2.75) is 26.2 Å². The van der Waals surface area contributed by atoms with Gasteiger partial charge in [-0.3, -0.25) is 4.79 Å². The molecule has 1 unspecified atom stereocenters. The molecule has 4 nitrogen and oxygen atoms in total. The molecule has 2 aromatic rings. The number of hydrogen-bond donors (Lipinski definition) is 1. The summed E-state index contributed by atoms with van der Waals surface area (Å²) in [5.41, 5.74) is 2.32. The molecule has 23 heavy (non-hydrogen) atoms. The summed E-state index contributed by atoms with van der Waals surface area (Å²) < 4.78 is 4.70. The number of aryl methyl sites for hydroxylation is 1. The Kier molecular flexibility index (Phi) is 4.48. The van der Waals surface area contributed by atoms with Crippen LogP contribution < -0.4 is 5.32 Å². The summed E-state index contributed by atoms with van der Waals surface area (Å²) in [6.45, 7) is 2.25. The number of ether oxygens (including phenoxy) is 1. The van der Waals surface area contributed by atoms with E-state index in [1.807, 2.05) is 6.07 Å². The van der Waals surface area contributed by atoms with Gasteiger partial charge in [-0.05, 0) is 55.0 Å². The molecule has 0 saturated heterocycles. The van der Waals surface area contributed by atoms with Gasteiger partial charge >= 0.3 is 5.97 Å². The highest BCUT2D eigenvalue weighted by atomic mass is 32.1. The van der Waals surface area contributed by atoms with E-state index in [4.69, 9.17) is 4.74 Å². The lowest BCUT2D eigenvalue weighted by Gasteiger charge is -2.16. The van der Waals surface area contributed by atoms with Gasteiger partial charge in [-0.2, -0.15) is 0 Å². The maximum Gasteiger partial charge on any atom is 0.337 e. The van der Waals surface area contributed by atoms with Gasteiger partial charge in [0.15, 0.2) is 0 Å². The predicted octanol–water partition coefficient (Wildman–Crippen LogP) is 3.91. The van der Waals surface area contributed by atoms with Gasteiger partial charge in [-0.15, -0.1) is 11.3 Å². The number of hydrogen-bond acceptors (Lipinski definition) is 4. The van der Waals surface area contributed by atoms with E-state index in [1.165, 1.54) is 24.0 Å². The summed E-state index contributed by atoms with van der Waals surface area (Å²) in [5.74, 6) is 0.144. The van der Waals surface area contributed by atoms with Gasteiger partial charge in [0, 0.05) is 10.6 Å². The van der Waals surface area contributed by atoms with Crippen molar-refractivity contribution in [2.24, 2.45) is 5.92 Å². The molecule has 120 valence electrons. The summed E-state index contributed by atoms with van der Waals surface area (Å²) in [4.78, 5) is 26.1. The van der Waals surface area contributed by atoms with Crippen molar-refractivity contribution in [1.82, 2.24) is 0 Å². The topological polar surface area (TPSA) is 55.4 Å². The van der Waals surface area contributed by atoms with Crippen molar-refractivity contribution >= 4 is 28.9 Å². The van der Waals surface area contributed by atoms with Crippen LogP contribution >= 0.6 is 11.3 Å². The smallest absolute Gasteiger partial charge is 0.337 e. The Labute approximate surface area is 139 Å². The minimum Gasteiger partial charge on any atom is -0.465 e. The van der Waals surface area contributed by atoms with Crippen molar-refractivity contribution in [1.29, 1.82) is 0 Å². The maximum absolute atomic E-state index is 12.4. The Bertz CT molecular complexity index is 750. The highest BCUT2D eigenvalue weighted by molar-refractivity contribution is 7.14. The van der Waals surface area contributed by atoms with Crippen LogP contribution in [0.2, 0.25) is 0 Å². The quantitative estimate of drug-likeness (QED) is 0.869. The number of methoxy groups -OCH3 is 1. The molecule has 1 amide bonds. The van der Waals surface area contributed by atoms with Crippen LogP contribution in [0.4, 0.5) is 5.69 Å². The predicted molar refractivity (Wildman–Crippen MR) is 91.2 cm³/mol. The van der Waals surface area contributed by atoms with Crippen LogP contribution in [0.1, 0.15) is 43.8 Å². The van der Waals surface area contributed by atoms with Crippen LogP contribution in [0.3, 0.4) is 0 Å². The molecular formula is C18H19NO3S. The summed E-state index contributed by atoms with van der Waals surface area (Å²) in [5, 5.41) is 2.86. The fourth-order valence-electron chi connectivity index (χ4n) is 2.85. The Morgan fingerprint density at radius 3 is 2.91 bits per heavy atom. The molecule has 5 heteroatoms. The molecule has 0 fully saturated rings. The van der Waals surface area contributed by atoms with Crippen molar-refractivity contribution < 1.29 is 14.3 Å². The Morgan fingerprint density at radius 2 is 2.13 bits per heavy atom. The molecule has 0 aliphatic heterocycles. The van der Waals surface area contributed by atoms with Crippen molar-refractivity contribution in [2.75, 3.05) is 12.4 Å². The standard InChI is InChI=1S/C18H19NO3S/c1-11-6-7-15-13(8-11)10-16(23-15)17(20)19-14-5-3-4-12(9-14)18(21)22-2/h3-5,9-11H,6-8H2,1-2H3,(H,19,20). The number of amides is 1. The number of nitrogens with one attached hydrogen (secondary N) is 1. The number of anilines is 1. The largest absolute Gasteiger partial charge is 0.465 e. The molecule has 0 spiro atoms. The molecule has 1 aliphatic rings. The molecular weight excluding hydrogens is 310 g/mol. The number of carbonyl (C=O) groups excluding carboxylic acids is 2. The van der Waals surface area contributed by atoms with Gasteiger partial charge in [-0.25, -0.2) is 4.79 Å². The molecule has 1 aromatic heterocycles. The fourth-order valence-corrected chi connectivity index (χ4v) is 3.96. The highest BCUT2D eigenvalue weighted by Crippen LogP contribution is 2.32. The monoisotopic (exact) mass is 329 g/mol. The molecule has 1 atom stereocenters. The highest BCUT2D eigenvalue weighted by Gasteiger charge is 2.20. The van der Waals surface area contributed by atoms with Crippen LogP contribution in [0.15, 0.2) is 30.3 Å². The second-order valence-electron chi connectivity index (χ2n) is 5.93. The van der Waals surface area contributed by atoms with Crippen LogP contribution in [0.5, 0.6) is 0 Å². The number of thiophene rings is 1. The summed E-state index contributed by atoms with van der Waals surface area (Å²) in [7, 11) is 1.34. The van der Waals surface area contributed by atoms with E-state index < -0.39 is 5.97 Å². The first kappa shape index (κ1) is 15.7. The zero-order valence-electron chi connectivity index (χ0n) is 13.2. The third-order valence-corrected chi connectivity index (χ3v) is 5.33. The van der Waals surface area contributed by atoms with E-state index in [0.29, 0.717) is 17.2 Å². The van der Waals surface area contributed by atoms with E-state index in [-0.39, 0.29) is 5.91 Å². The third-order valence-electron chi connectivity index (χ3n) is 4.09. The number of benzene rings is 1. The maximum atomic E-state index is 12.4. The van der Waals surface area contributed by atoms with E-state index in [1.54, 1.807) is 35.6 Å². The van der Waals surface area contributed by atoms with Crippen LogP contribution in [-0.4, -0.2) is 19.0 Å². The van der Waals surface area contributed by atoms with Gasteiger partial charge in [-0.1, -0.05) is 13.0 Å². The zero-order chi connectivity index (χ0) is 16.4. The van der Waals surface area contributed by atoms with E-state index >= 15 is 0 Å². The first-order valence-corrected chi connectivity index (χ1v) is 8.50. The Hall–Kier alpha value is -2.14. The van der Waals surface area contributed by atoms with Crippen LogP contribution in [0.25, 0.3) is 0 Å². The number of fused-ring (bicyclic) bond motifs is 1. The van der Waals surface area contributed by atoms with Gasteiger partial charge < -0.3 is 10.1 Å². The number of carbonyl (C=O) groups is 2. The minimum absolute atomic E-state index is 0.126. The van der Waals surface area contributed by atoms with Gasteiger partial charge in [0.25, 0.3) is 5.91 Å². The lowest BCUT2D eigenvalue weighted by atomic mass is 9.90. The third kappa shape index (κ3) is 3.45. The SMILES string of the molecule is COC(=O)c1cccc(NC(=O)c2cc3c(s2)CCC(C)C3)c1. The molecule has 1 N–H and O–H groups in total. The second-order valence-corrected chi connectivity index (χ2v) is 7.07. The number of esters is 1. The fraction of sp³-hybridized carbons (Fsp3) is 0.333. The zero-order valence-corrected chi connectivity index (χ0v) is 14.0. The van der Waals surface area contributed by atoms with Gasteiger partial charge in [0.2, 0.25) is 0 Å². The number of rotatable bonds is 3. The lowest BCUT2D eigenvalue weighted by molar-refractivity contribution is 0.0600. The summed E-state index contributed by atoms with van der Waals surface area (Å²) in [6, 6.07) is 8.78. The Balaban J connectivity index is 1.76. The van der Waals surface area contributed by atoms with E-state index in [2.05, 4.69) is 12.2 Å². The normalized spacial score (nSPS) is 16.5. The van der Waals surface area contributed by atoms with Crippen molar-refractivity contribution in [3.63, 3.8) is 0 Å². The summed E-state index contributed by atoms with van der Waals surface area (Å²) in [6.07, 6.45) is 3.30. The van der Waals surface area contributed by atoms with Crippen LogP contribution in [0, 0.1) is 5.92 Å². The molecule has 0 radical (unpaired) electrons. The van der Waals surface area contributed by atoms with Gasteiger partial charge in [0.1, 0.15) is 0 Å². The second kappa shape index (κ2) is 6.54. The van der Waals surface area contributed by atoms with Crippen molar-refractivity contribution in [3.8, 4) is 0 Å². The van der Waals surface area contributed by atoms with Crippen LogP contribution in [-0.2, 0) is 17.6 Å². The molecule has 3 rings (SSSR count). The first-order chi connectivity index (χ1) is 11.1.